The van der Waals surface area contributed by atoms with E-state index in [1.54, 1.807) is 6.08 Å². The number of benzene rings is 2. The molecule has 0 aliphatic rings. The molecule has 0 radical (unpaired) electrons. The number of amides is 1. The van der Waals surface area contributed by atoms with Gasteiger partial charge in [0.2, 0.25) is 5.91 Å². The number of carbonyl (C=O) groups excluding carboxylic acids is 1. The summed E-state index contributed by atoms with van der Waals surface area (Å²) in [6.45, 7) is 4.48. The predicted octanol–water partition coefficient (Wildman–Crippen LogP) is 4.58. The fraction of sp³-hybridized carbons (Fsp3) is 0.136. The van der Waals surface area contributed by atoms with Crippen LogP contribution in [0.5, 0.6) is 5.75 Å². The Hall–Kier alpha value is -3.67. The SMILES string of the molecule is CCOc1ccc(/C=C/C(=O)Nc2ccc(Nc3cc(C)ncn3)cc2)cc1. The first-order chi connectivity index (χ1) is 13.6. The summed E-state index contributed by atoms with van der Waals surface area (Å²) < 4.78 is 5.40. The Morgan fingerprint density at radius 1 is 1.04 bits per heavy atom. The Morgan fingerprint density at radius 2 is 1.75 bits per heavy atom. The molecule has 3 rings (SSSR count). The number of anilines is 3. The van der Waals surface area contributed by atoms with Crippen molar-refractivity contribution in [1.82, 2.24) is 9.97 Å². The number of aryl methyl sites for hydroxylation is 1. The molecule has 142 valence electrons. The molecule has 0 fully saturated rings. The summed E-state index contributed by atoms with van der Waals surface area (Å²) in [5, 5.41) is 6.04. The van der Waals surface area contributed by atoms with Gasteiger partial charge in [-0.05, 0) is 61.9 Å². The topological polar surface area (TPSA) is 76.1 Å². The number of nitrogens with zero attached hydrogens (tertiary/aromatic N) is 2. The molecule has 0 saturated heterocycles. The molecule has 2 aromatic carbocycles. The van der Waals surface area contributed by atoms with Crippen molar-refractivity contribution in [3.63, 3.8) is 0 Å². The minimum absolute atomic E-state index is 0.194. The zero-order chi connectivity index (χ0) is 19.8. The van der Waals surface area contributed by atoms with E-state index in [1.165, 1.54) is 12.4 Å². The van der Waals surface area contributed by atoms with Crippen LogP contribution in [-0.4, -0.2) is 22.5 Å². The zero-order valence-corrected chi connectivity index (χ0v) is 15.8. The molecule has 1 heterocycles. The summed E-state index contributed by atoms with van der Waals surface area (Å²) in [4.78, 5) is 20.3. The van der Waals surface area contributed by atoms with Crippen molar-refractivity contribution in [2.75, 3.05) is 17.2 Å². The van der Waals surface area contributed by atoms with Gasteiger partial charge < -0.3 is 15.4 Å². The van der Waals surface area contributed by atoms with Crippen molar-refractivity contribution >= 4 is 29.2 Å². The van der Waals surface area contributed by atoms with Crippen LogP contribution < -0.4 is 15.4 Å². The van der Waals surface area contributed by atoms with Crippen molar-refractivity contribution in [3.05, 3.63) is 78.3 Å². The fourth-order valence-corrected chi connectivity index (χ4v) is 2.51. The van der Waals surface area contributed by atoms with Crippen LogP contribution in [0.25, 0.3) is 6.08 Å². The van der Waals surface area contributed by atoms with Crippen molar-refractivity contribution < 1.29 is 9.53 Å². The summed E-state index contributed by atoms with van der Waals surface area (Å²) in [6.07, 6.45) is 4.78. The predicted molar refractivity (Wildman–Crippen MR) is 112 cm³/mol. The van der Waals surface area contributed by atoms with Crippen LogP contribution in [0.4, 0.5) is 17.2 Å². The van der Waals surface area contributed by atoms with Gasteiger partial charge in [-0.3, -0.25) is 4.79 Å². The van der Waals surface area contributed by atoms with Gasteiger partial charge in [0.25, 0.3) is 0 Å². The van der Waals surface area contributed by atoms with Crippen LogP contribution in [0.3, 0.4) is 0 Å². The number of aromatic nitrogens is 2. The highest BCUT2D eigenvalue weighted by Gasteiger charge is 2.01. The normalized spacial score (nSPS) is 10.6. The van der Waals surface area contributed by atoms with Gasteiger partial charge in [0.1, 0.15) is 17.9 Å². The molecule has 3 aromatic rings. The summed E-state index contributed by atoms with van der Waals surface area (Å²) in [5.74, 6) is 1.35. The summed E-state index contributed by atoms with van der Waals surface area (Å²) in [5.41, 5.74) is 3.41. The highest BCUT2D eigenvalue weighted by atomic mass is 16.5. The van der Waals surface area contributed by atoms with E-state index in [9.17, 15) is 4.79 Å². The maximum atomic E-state index is 12.1. The van der Waals surface area contributed by atoms with E-state index in [2.05, 4.69) is 20.6 Å². The summed E-state index contributed by atoms with van der Waals surface area (Å²) in [7, 11) is 0. The maximum absolute atomic E-state index is 12.1. The molecule has 0 spiro atoms. The lowest BCUT2D eigenvalue weighted by molar-refractivity contribution is -0.111. The molecular formula is C22H22N4O2. The highest BCUT2D eigenvalue weighted by Crippen LogP contribution is 2.18. The van der Waals surface area contributed by atoms with E-state index in [-0.39, 0.29) is 5.91 Å². The van der Waals surface area contributed by atoms with Crippen LogP contribution in [0.2, 0.25) is 0 Å². The molecule has 1 aromatic heterocycles. The minimum Gasteiger partial charge on any atom is -0.494 e. The van der Waals surface area contributed by atoms with Crippen molar-refractivity contribution in [2.45, 2.75) is 13.8 Å². The molecule has 6 heteroatoms. The zero-order valence-electron chi connectivity index (χ0n) is 15.8. The quantitative estimate of drug-likeness (QED) is 0.592. The molecule has 6 nitrogen and oxygen atoms in total. The lowest BCUT2D eigenvalue weighted by Gasteiger charge is -2.07. The van der Waals surface area contributed by atoms with Crippen LogP contribution in [0, 0.1) is 6.92 Å². The second-order valence-corrected chi connectivity index (χ2v) is 6.07. The molecule has 2 N–H and O–H groups in total. The standard InChI is InChI=1S/C22H22N4O2/c1-3-28-20-11-4-17(5-12-20)6-13-22(27)26-19-9-7-18(8-10-19)25-21-14-16(2)23-15-24-21/h4-15H,3H2,1-2H3,(H,26,27)(H,23,24,25)/b13-6+. The van der Waals surface area contributed by atoms with Gasteiger partial charge in [-0.15, -0.1) is 0 Å². The third-order valence-corrected chi connectivity index (χ3v) is 3.85. The van der Waals surface area contributed by atoms with Crippen LogP contribution in [-0.2, 0) is 4.79 Å². The minimum atomic E-state index is -0.194. The number of hydrogen-bond acceptors (Lipinski definition) is 5. The van der Waals surface area contributed by atoms with Gasteiger partial charge in [0, 0.05) is 29.2 Å². The van der Waals surface area contributed by atoms with E-state index in [4.69, 9.17) is 4.74 Å². The first-order valence-corrected chi connectivity index (χ1v) is 9.00. The Bertz CT molecular complexity index is 951. The molecule has 0 unspecified atom stereocenters. The molecule has 0 saturated carbocycles. The highest BCUT2D eigenvalue weighted by molar-refractivity contribution is 6.02. The largest absolute Gasteiger partial charge is 0.494 e. The Morgan fingerprint density at radius 3 is 2.43 bits per heavy atom. The van der Waals surface area contributed by atoms with Gasteiger partial charge in [-0.2, -0.15) is 0 Å². The molecule has 1 amide bonds. The fourth-order valence-electron chi connectivity index (χ4n) is 2.51. The second-order valence-electron chi connectivity index (χ2n) is 6.07. The van der Waals surface area contributed by atoms with Crippen molar-refractivity contribution in [3.8, 4) is 5.75 Å². The first-order valence-electron chi connectivity index (χ1n) is 9.00. The third kappa shape index (κ3) is 5.67. The van der Waals surface area contributed by atoms with Gasteiger partial charge in [0.15, 0.2) is 0 Å². The number of ether oxygens (including phenoxy) is 1. The smallest absolute Gasteiger partial charge is 0.248 e. The van der Waals surface area contributed by atoms with E-state index < -0.39 is 0 Å². The van der Waals surface area contributed by atoms with Crippen LogP contribution in [0.15, 0.2) is 67.0 Å². The number of rotatable bonds is 7. The Kier molecular flexibility index (Phi) is 6.36. The van der Waals surface area contributed by atoms with Crippen molar-refractivity contribution in [2.24, 2.45) is 0 Å². The third-order valence-electron chi connectivity index (χ3n) is 3.85. The monoisotopic (exact) mass is 374 g/mol. The van der Waals surface area contributed by atoms with Gasteiger partial charge in [-0.1, -0.05) is 12.1 Å². The second kappa shape index (κ2) is 9.32. The van der Waals surface area contributed by atoms with E-state index in [0.717, 1.165) is 28.5 Å². The summed E-state index contributed by atoms with van der Waals surface area (Å²) >= 11 is 0. The van der Waals surface area contributed by atoms with Gasteiger partial charge in [-0.25, -0.2) is 9.97 Å². The van der Waals surface area contributed by atoms with E-state index in [0.29, 0.717) is 12.3 Å². The average molecular weight is 374 g/mol. The lowest BCUT2D eigenvalue weighted by atomic mass is 10.2. The average Bonchev–Trinajstić information content (AvgIpc) is 2.69. The lowest BCUT2D eigenvalue weighted by Crippen LogP contribution is -2.07. The molecular weight excluding hydrogens is 352 g/mol. The van der Waals surface area contributed by atoms with Gasteiger partial charge in [0.05, 0.1) is 6.61 Å². The molecule has 0 aliphatic heterocycles. The van der Waals surface area contributed by atoms with Crippen LogP contribution in [0.1, 0.15) is 18.2 Å². The van der Waals surface area contributed by atoms with E-state index >= 15 is 0 Å². The molecule has 0 atom stereocenters. The first kappa shape index (κ1) is 19.1. The molecule has 0 bridgehead atoms. The Labute approximate surface area is 164 Å². The molecule has 0 aliphatic carbocycles. The number of carbonyl (C=O) groups is 1. The van der Waals surface area contributed by atoms with E-state index in [1.807, 2.05) is 68.4 Å². The van der Waals surface area contributed by atoms with Gasteiger partial charge >= 0.3 is 0 Å². The molecule has 28 heavy (non-hydrogen) atoms. The van der Waals surface area contributed by atoms with Crippen LogP contribution >= 0.6 is 0 Å². The number of hydrogen-bond donors (Lipinski definition) is 2. The maximum Gasteiger partial charge on any atom is 0.248 e. The number of nitrogens with one attached hydrogen (secondary N) is 2. The van der Waals surface area contributed by atoms with Crippen molar-refractivity contribution in [1.29, 1.82) is 0 Å². The summed E-state index contributed by atoms with van der Waals surface area (Å²) in [6, 6.07) is 16.9. The Balaban J connectivity index is 1.55.